The second-order valence-electron chi connectivity index (χ2n) is 5.51. The smallest absolute Gasteiger partial charge is 0.158 e. The van der Waals surface area contributed by atoms with Gasteiger partial charge in [0.15, 0.2) is 6.17 Å². The summed E-state index contributed by atoms with van der Waals surface area (Å²) in [6.07, 6.45) is 3.18. The van der Waals surface area contributed by atoms with Gasteiger partial charge in [0, 0.05) is 13.0 Å². The standard InChI is InChI=1S/C14H22F2O.C2H6/c1-9-3-5-10(6-4-9)11-7-8-12(17-2)14(16)13(11)15;1-2/h5,9,11-14H,3-4,6-8H2,1-2H3;1-2H3. The summed E-state index contributed by atoms with van der Waals surface area (Å²) in [5.74, 6) is 0.484. The minimum absolute atomic E-state index is 0.205. The predicted molar refractivity (Wildman–Crippen MR) is 75.8 cm³/mol. The highest BCUT2D eigenvalue weighted by atomic mass is 19.2. The number of ether oxygens (including phenoxy) is 1. The molecular weight excluding hydrogens is 246 g/mol. The first-order valence-corrected chi connectivity index (χ1v) is 7.63. The van der Waals surface area contributed by atoms with Crippen LogP contribution >= 0.6 is 0 Å². The largest absolute Gasteiger partial charge is 0.378 e. The van der Waals surface area contributed by atoms with E-state index in [9.17, 15) is 8.78 Å². The van der Waals surface area contributed by atoms with Crippen molar-refractivity contribution in [3.8, 4) is 0 Å². The molecule has 0 aromatic carbocycles. The van der Waals surface area contributed by atoms with Crippen LogP contribution in [-0.4, -0.2) is 25.6 Å². The molecule has 0 aromatic heterocycles. The van der Waals surface area contributed by atoms with Crippen LogP contribution in [0, 0.1) is 11.8 Å². The molecule has 112 valence electrons. The molecule has 2 aliphatic carbocycles. The molecule has 0 aliphatic heterocycles. The van der Waals surface area contributed by atoms with Crippen molar-refractivity contribution < 1.29 is 13.5 Å². The lowest BCUT2D eigenvalue weighted by atomic mass is 9.75. The number of allylic oxidation sites excluding steroid dienone is 2. The van der Waals surface area contributed by atoms with Crippen LogP contribution in [0.5, 0.6) is 0 Å². The molecule has 0 saturated heterocycles. The molecule has 0 N–H and O–H groups in total. The minimum Gasteiger partial charge on any atom is -0.378 e. The molecule has 0 aromatic rings. The van der Waals surface area contributed by atoms with Crippen molar-refractivity contribution in [1.29, 1.82) is 0 Å². The van der Waals surface area contributed by atoms with E-state index < -0.39 is 18.4 Å². The van der Waals surface area contributed by atoms with E-state index in [1.54, 1.807) is 0 Å². The fraction of sp³-hybridized carbons (Fsp3) is 0.875. The third kappa shape index (κ3) is 4.01. The summed E-state index contributed by atoms with van der Waals surface area (Å²) < 4.78 is 32.9. The molecule has 5 atom stereocenters. The molecule has 5 unspecified atom stereocenters. The number of methoxy groups -OCH3 is 1. The molecule has 0 spiro atoms. The van der Waals surface area contributed by atoms with Gasteiger partial charge in [0.05, 0.1) is 6.10 Å². The van der Waals surface area contributed by atoms with E-state index in [1.807, 2.05) is 13.8 Å². The average Bonchev–Trinajstić information content (AvgIpc) is 2.45. The maximum absolute atomic E-state index is 14.1. The van der Waals surface area contributed by atoms with E-state index in [4.69, 9.17) is 4.74 Å². The highest BCUT2D eigenvalue weighted by Gasteiger charge is 2.41. The quantitative estimate of drug-likeness (QED) is 0.653. The molecule has 1 saturated carbocycles. The van der Waals surface area contributed by atoms with Gasteiger partial charge in [-0.25, -0.2) is 8.78 Å². The van der Waals surface area contributed by atoms with Crippen LogP contribution in [0.1, 0.15) is 52.9 Å². The van der Waals surface area contributed by atoms with E-state index in [-0.39, 0.29) is 5.92 Å². The van der Waals surface area contributed by atoms with Crippen LogP contribution in [-0.2, 0) is 4.74 Å². The van der Waals surface area contributed by atoms with Crippen molar-refractivity contribution in [1.82, 2.24) is 0 Å². The van der Waals surface area contributed by atoms with E-state index >= 15 is 0 Å². The van der Waals surface area contributed by atoms with Gasteiger partial charge in [-0.3, -0.25) is 0 Å². The fourth-order valence-corrected chi connectivity index (χ4v) is 3.05. The van der Waals surface area contributed by atoms with Crippen LogP contribution in [0.25, 0.3) is 0 Å². The number of hydrogen-bond donors (Lipinski definition) is 0. The van der Waals surface area contributed by atoms with Gasteiger partial charge in [-0.15, -0.1) is 0 Å². The maximum atomic E-state index is 14.1. The van der Waals surface area contributed by atoms with Crippen LogP contribution in [0.4, 0.5) is 8.78 Å². The highest BCUT2D eigenvalue weighted by Crippen LogP contribution is 2.39. The maximum Gasteiger partial charge on any atom is 0.158 e. The summed E-state index contributed by atoms with van der Waals surface area (Å²) in [6.45, 7) is 6.21. The highest BCUT2D eigenvalue weighted by molar-refractivity contribution is 5.14. The van der Waals surface area contributed by atoms with E-state index in [0.717, 1.165) is 31.3 Å². The van der Waals surface area contributed by atoms with Crippen molar-refractivity contribution >= 4 is 0 Å². The number of halogens is 2. The van der Waals surface area contributed by atoms with Gasteiger partial charge in [-0.2, -0.15) is 0 Å². The van der Waals surface area contributed by atoms with Gasteiger partial charge in [0.25, 0.3) is 0 Å². The van der Waals surface area contributed by atoms with Gasteiger partial charge < -0.3 is 4.74 Å². The molecule has 19 heavy (non-hydrogen) atoms. The lowest BCUT2D eigenvalue weighted by Crippen LogP contribution is -2.43. The molecular formula is C16H28F2O. The zero-order chi connectivity index (χ0) is 14.4. The van der Waals surface area contributed by atoms with Gasteiger partial charge in [0.2, 0.25) is 0 Å². The van der Waals surface area contributed by atoms with Gasteiger partial charge in [-0.05, 0) is 38.0 Å². The number of rotatable bonds is 2. The molecule has 0 bridgehead atoms. The zero-order valence-corrected chi connectivity index (χ0v) is 12.7. The molecule has 3 heteroatoms. The van der Waals surface area contributed by atoms with Crippen molar-refractivity contribution in [2.45, 2.75) is 71.3 Å². The Balaban J connectivity index is 0.000000861. The Morgan fingerprint density at radius 1 is 1.11 bits per heavy atom. The van der Waals surface area contributed by atoms with E-state index in [1.165, 1.54) is 7.11 Å². The second-order valence-corrected chi connectivity index (χ2v) is 5.51. The summed E-state index contributed by atoms with van der Waals surface area (Å²) in [6, 6.07) is 0. The summed E-state index contributed by atoms with van der Waals surface area (Å²) in [5.41, 5.74) is 1.15. The van der Waals surface area contributed by atoms with Gasteiger partial charge in [0.1, 0.15) is 6.17 Å². The van der Waals surface area contributed by atoms with Crippen LogP contribution < -0.4 is 0 Å². The fourth-order valence-electron chi connectivity index (χ4n) is 3.05. The van der Waals surface area contributed by atoms with E-state index in [2.05, 4.69) is 13.0 Å². The Labute approximate surface area is 116 Å². The molecule has 1 nitrogen and oxygen atoms in total. The Hall–Kier alpha value is -0.440. The molecule has 1 fully saturated rings. The first kappa shape index (κ1) is 16.6. The first-order chi connectivity index (χ1) is 9.13. The number of alkyl halides is 2. The Morgan fingerprint density at radius 2 is 1.79 bits per heavy atom. The third-order valence-electron chi connectivity index (χ3n) is 4.29. The second kappa shape index (κ2) is 7.98. The Kier molecular flexibility index (Phi) is 6.98. The van der Waals surface area contributed by atoms with Crippen molar-refractivity contribution in [3.63, 3.8) is 0 Å². The van der Waals surface area contributed by atoms with Crippen molar-refractivity contribution in [2.24, 2.45) is 11.8 Å². The lowest BCUT2D eigenvalue weighted by Gasteiger charge is -2.36. The molecule has 0 amide bonds. The Bertz CT molecular complexity index is 290. The predicted octanol–water partition coefficient (Wildman–Crippen LogP) is 4.86. The topological polar surface area (TPSA) is 9.23 Å². The van der Waals surface area contributed by atoms with E-state index in [0.29, 0.717) is 12.3 Å². The third-order valence-corrected chi connectivity index (χ3v) is 4.29. The van der Waals surface area contributed by atoms with Crippen LogP contribution in [0.15, 0.2) is 11.6 Å². The summed E-state index contributed by atoms with van der Waals surface area (Å²) in [5, 5.41) is 0. The number of hydrogen-bond acceptors (Lipinski definition) is 1. The average molecular weight is 274 g/mol. The Morgan fingerprint density at radius 3 is 2.32 bits per heavy atom. The lowest BCUT2D eigenvalue weighted by molar-refractivity contribution is -0.0497. The van der Waals surface area contributed by atoms with Gasteiger partial charge in [-0.1, -0.05) is 32.4 Å². The summed E-state index contributed by atoms with van der Waals surface area (Å²) in [7, 11) is 1.46. The SMILES string of the molecule is CC.COC1CCC(C2=CCC(C)CC2)C(F)C1F. The van der Waals surface area contributed by atoms with Crippen LogP contribution in [0.3, 0.4) is 0 Å². The molecule has 2 rings (SSSR count). The zero-order valence-electron chi connectivity index (χ0n) is 12.7. The first-order valence-electron chi connectivity index (χ1n) is 7.63. The monoisotopic (exact) mass is 274 g/mol. The molecule has 2 aliphatic rings. The molecule has 0 radical (unpaired) electrons. The van der Waals surface area contributed by atoms with Crippen LogP contribution in [0.2, 0.25) is 0 Å². The summed E-state index contributed by atoms with van der Waals surface area (Å²) >= 11 is 0. The summed E-state index contributed by atoms with van der Waals surface area (Å²) in [4.78, 5) is 0. The molecule has 0 heterocycles. The van der Waals surface area contributed by atoms with Gasteiger partial charge >= 0.3 is 0 Å². The van der Waals surface area contributed by atoms with Crippen molar-refractivity contribution in [3.05, 3.63) is 11.6 Å². The minimum atomic E-state index is -1.46. The normalized spacial score (nSPS) is 39.1. The van der Waals surface area contributed by atoms with Crippen molar-refractivity contribution in [2.75, 3.05) is 7.11 Å².